The summed E-state index contributed by atoms with van der Waals surface area (Å²) in [6.07, 6.45) is 6.88. The van der Waals surface area contributed by atoms with Crippen molar-refractivity contribution in [1.29, 1.82) is 0 Å². The van der Waals surface area contributed by atoms with E-state index in [0.29, 0.717) is 22.4 Å². The fraction of sp³-hybridized carbons (Fsp3) is 0.0455. The zero-order valence-corrected chi connectivity index (χ0v) is 15.1. The first-order valence-corrected chi connectivity index (χ1v) is 8.77. The van der Waals surface area contributed by atoms with E-state index in [-0.39, 0.29) is 11.3 Å². The minimum Gasteiger partial charge on any atom is -0.435 e. The van der Waals surface area contributed by atoms with Crippen LogP contribution in [0.25, 0.3) is 28.7 Å². The van der Waals surface area contributed by atoms with Crippen LogP contribution in [-0.2, 0) is 0 Å². The number of para-hydroxylation sites is 1. The monoisotopic (exact) mass is 391 g/mol. The molecular formula is C22H15F2N3O2. The van der Waals surface area contributed by atoms with Crippen molar-refractivity contribution in [3.05, 3.63) is 94.8 Å². The lowest BCUT2D eigenvalue weighted by Crippen LogP contribution is -2.22. The van der Waals surface area contributed by atoms with Crippen molar-refractivity contribution in [2.75, 3.05) is 0 Å². The molecule has 0 amide bonds. The Bertz CT molecular complexity index is 1220. The van der Waals surface area contributed by atoms with Gasteiger partial charge in [-0.3, -0.25) is 14.3 Å². The van der Waals surface area contributed by atoms with Gasteiger partial charge in [0, 0.05) is 12.4 Å². The molecular weight excluding hydrogens is 376 g/mol. The molecule has 0 fully saturated rings. The Labute approximate surface area is 164 Å². The lowest BCUT2D eigenvalue weighted by atomic mass is 10.2. The second-order valence-electron chi connectivity index (χ2n) is 6.12. The van der Waals surface area contributed by atoms with Crippen LogP contribution in [0.3, 0.4) is 0 Å². The number of rotatable bonds is 5. The van der Waals surface area contributed by atoms with E-state index in [9.17, 15) is 13.6 Å². The summed E-state index contributed by atoms with van der Waals surface area (Å²) in [5.41, 5.74) is 1.64. The molecule has 2 heterocycles. The molecule has 0 radical (unpaired) electrons. The summed E-state index contributed by atoms with van der Waals surface area (Å²) >= 11 is 0. The molecule has 2 aromatic carbocycles. The van der Waals surface area contributed by atoms with E-state index in [4.69, 9.17) is 0 Å². The number of nitrogens with zero attached hydrogens (tertiary/aromatic N) is 3. The summed E-state index contributed by atoms with van der Waals surface area (Å²) in [6, 6.07) is 16.6. The Morgan fingerprint density at radius 1 is 0.966 bits per heavy atom. The van der Waals surface area contributed by atoms with Crippen molar-refractivity contribution in [2.24, 2.45) is 0 Å². The normalized spacial score (nSPS) is 11.4. The first kappa shape index (κ1) is 18.5. The molecule has 0 saturated carbocycles. The smallest absolute Gasteiger partial charge is 0.387 e. The Morgan fingerprint density at radius 3 is 2.48 bits per heavy atom. The molecule has 7 heteroatoms. The molecule has 2 aromatic heterocycles. The largest absolute Gasteiger partial charge is 0.435 e. The Morgan fingerprint density at radius 2 is 1.76 bits per heavy atom. The number of hydrogen-bond donors (Lipinski definition) is 0. The van der Waals surface area contributed by atoms with Crippen molar-refractivity contribution in [3.63, 3.8) is 0 Å². The lowest BCUT2D eigenvalue weighted by molar-refractivity contribution is -0.0498. The van der Waals surface area contributed by atoms with Gasteiger partial charge in [0.05, 0.1) is 16.6 Å². The third-order valence-electron chi connectivity index (χ3n) is 4.23. The Hall–Kier alpha value is -3.87. The third kappa shape index (κ3) is 4.03. The highest BCUT2D eigenvalue weighted by Gasteiger charge is 2.12. The average Bonchev–Trinajstić information content (AvgIpc) is 2.74. The van der Waals surface area contributed by atoms with E-state index < -0.39 is 6.61 Å². The molecule has 5 nitrogen and oxygen atoms in total. The maximum atomic E-state index is 13.1. The number of benzene rings is 2. The fourth-order valence-corrected chi connectivity index (χ4v) is 2.93. The molecule has 0 bridgehead atoms. The van der Waals surface area contributed by atoms with Gasteiger partial charge in [0.15, 0.2) is 0 Å². The molecule has 4 rings (SSSR count). The average molecular weight is 391 g/mol. The van der Waals surface area contributed by atoms with Crippen LogP contribution in [0.5, 0.6) is 5.75 Å². The quantitative estimate of drug-likeness (QED) is 0.501. The number of hydrogen-bond acceptors (Lipinski definition) is 4. The first-order valence-electron chi connectivity index (χ1n) is 8.77. The zero-order chi connectivity index (χ0) is 20.2. The molecule has 144 valence electrons. The zero-order valence-electron chi connectivity index (χ0n) is 15.1. The topological polar surface area (TPSA) is 57.0 Å². The van der Waals surface area contributed by atoms with Crippen LogP contribution < -0.4 is 10.3 Å². The van der Waals surface area contributed by atoms with Gasteiger partial charge in [-0.25, -0.2) is 4.98 Å². The summed E-state index contributed by atoms with van der Waals surface area (Å²) in [5.74, 6) is 0.415. The van der Waals surface area contributed by atoms with E-state index in [0.717, 1.165) is 5.56 Å². The van der Waals surface area contributed by atoms with Crippen molar-refractivity contribution in [1.82, 2.24) is 14.5 Å². The van der Waals surface area contributed by atoms with Crippen molar-refractivity contribution < 1.29 is 13.5 Å². The van der Waals surface area contributed by atoms with Gasteiger partial charge in [-0.15, -0.1) is 0 Å². The number of pyridine rings is 1. The highest BCUT2D eigenvalue weighted by atomic mass is 19.3. The minimum absolute atomic E-state index is 0.0120. The van der Waals surface area contributed by atoms with E-state index in [1.807, 2.05) is 18.2 Å². The lowest BCUT2D eigenvalue weighted by Gasteiger charge is -2.12. The number of aromatic nitrogens is 3. The maximum absolute atomic E-state index is 13.1. The van der Waals surface area contributed by atoms with Crippen molar-refractivity contribution in [3.8, 4) is 11.4 Å². The van der Waals surface area contributed by atoms with Gasteiger partial charge < -0.3 is 4.74 Å². The fourth-order valence-electron chi connectivity index (χ4n) is 2.93. The molecule has 29 heavy (non-hydrogen) atoms. The summed E-state index contributed by atoms with van der Waals surface area (Å²) in [6.45, 7) is -2.91. The van der Waals surface area contributed by atoms with Gasteiger partial charge in [-0.1, -0.05) is 18.2 Å². The van der Waals surface area contributed by atoms with Gasteiger partial charge in [0.2, 0.25) is 0 Å². The molecule has 4 aromatic rings. The van der Waals surface area contributed by atoms with E-state index >= 15 is 0 Å². The maximum Gasteiger partial charge on any atom is 0.387 e. The van der Waals surface area contributed by atoms with Crippen LogP contribution in [0.2, 0.25) is 0 Å². The Balaban J connectivity index is 1.85. The van der Waals surface area contributed by atoms with Gasteiger partial charge in [0.25, 0.3) is 5.56 Å². The highest BCUT2D eigenvalue weighted by molar-refractivity contribution is 5.80. The molecule has 0 aliphatic rings. The highest BCUT2D eigenvalue weighted by Crippen LogP contribution is 2.19. The molecule has 0 spiro atoms. The summed E-state index contributed by atoms with van der Waals surface area (Å²) in [5, 5.41) is 0.457. The SMILES string of the molecule is O=c1c2ccccc2nc(/C=C/c2cccnc2)n1-c1ccc(OC(F)F)cc1. The van der Waals surface area contributed by atoms with Gasteiger partial charge in [-0.05, 0) is 60.2 Å². The van der Waals surface area contributed by atoms with Crippen LogP contribution in [-0.4, -0.2) is 21.1 Å². The molecule has 0 N–H and O–H groups in total. The van der Waals surface area contributed by atoms with Crippen LogP contribution in [0.1, 0.15) is 11.4 Å². The van der Waals surface area contributed by atoms with Gasteiger partial charge in [0.1, 0.15) is 11.6 Å². The number of ether oxygens (including phenoxy) is 1. The standard InChI is InChI=1S/C22H15F2N3O2/c23-22(24)29-17-10-8-16(9-11-17)27-20(12-7-15-4-3-13-25-14-15)26-19-6-2-1-5-18(19)21(27)28/h1-14,22H/b12-7+. The predicted octanol–water partition coefficient (Wildman–Crippen LogP) is 4.55. The Kier molecular flexibility index (Phi) is 5.11. The minimum atomic E-state index is -2.91. The summed E-state index contributed by atoms with van der Waals surface area (Å²) in [4.78, 5) is 21.8. The summed E-state index contributed by atoms with van der Waals surface area (Å²) < 4.78 is 30.6. The van der Waals surface area contributed by atoms with Crippen LogP contribution >= 0.6 is 0 Å². The molecule has 0 unspecified atom stereocenters. The number of halogens is 2. The third-order valence-corrected chi connectivity index (χ3v) is 4.23. The molecule has 0 saturated heterocycles. The second-order valence-corrected chi connectivity index (χ2v) is 6.12. The van der Waals surface area contributed by atoms with Gasteiger partial charge in [-0.2, -0.15) is 8.78 Å². The van der Waals surface area contributed by atoms with Crippen molar-refractivity contribution in [2.45, 2.75) is 6.61 Å². The van der Waals surface area contributed by atoms with Crippen molar-refractivity contribution >= 4 is 23.1 Å². The summed E-state index contributed by atoms with van der Waals surface area (Å²) in [7, 11) is 0. The number of alkyl halides is 2. The van der Waals surface area contributed by atoms with E-state index in [1.165, 1.54) is 28.8 Å². The number of fused-ring (bicyclic) bond motifs is 1. The van der Waals surface area contributed by atoms with Crippen LogP contribution in [0.4, 0.5) is 8.78 Å². The molecule has 0 atom stereocenters. The predicted molar refractivity (Wildman–Crippen MR) is 107 cm³/mol. The van der Waals surface area contributed by atoms with Gasteiger partial charge >= 0.3 is 6.61 Å². The van der Waals surface area contributed by atoms with Crippen LogP contribution in [0, 0.1) is 0 Å². The van der Waals surface area contributed by atoms with E-state index in [1.54, 1.807) is 42.7 Å². The molecule has 0 aliphatic carbocycles. The van der Waals surface area contributed by atoms with E-state index in [2.05, 4.69) is 14.7 Å². The first-order chi connectivity index (χ1) is 14.1. The second kappa shape index (κ2) is 8.02. The van der Waals surface area contributed by atoms with Crippen LogP contribution in [0.15, 0.2) is 77.9 Å². The molecule has 0 aliphatic heterocycles.